The minimum absolute atomic E-state index is 0.329. The van der Waals surface area contributed by atoms with Gasteiger partial charge in [-0.3, -0.25) is 0 Å². The van der Waals surface area contributed by atoms with E-state index in [1.807, 2.05) is 20.8 Å². The number of fused-ring (bicyclic) bond motifs is 2. The molecule has 0 spiro atoms. The van der Waals surface area contributed by atoms with E-state index in [1.165, 1.54) is 32.1 Å². The van der Waals surface area contributed by atoms with E-state index in [1.54, 1.807) is 0 Å². The van der Waals surface area contributed by atoms with Crippen molar-refractivity contribution >= 4 is 6.09 Å². The molecule has 122 valence electrons. The minimum atomic E-state index is -0.428. The summed E-state index contributed by atoms with van der Waals surface area (Å²) in [6.45, 7) is 7.07. The maximum Gasteiger partial charge on any atom is 0.407 e. The normalized spacial score (nSPS) is 30.0. The molecule has 0 aromatic carbocycles. The first-order chi connectivity index (χ1) is 9.85. The zero-order valence-electron chi connectivity index (χ0n) is 13.9. The Morgan fingerprint density at radius 2 is 1.81 bits per heavy atom. The SMILES string of the molecule is CN1C2CCCC1CC(NCCNC(=O)OC(C)(C)C)C2. The largest absolute Gasteiger partial charge is 0.444 e. The van der Waals surface area contributed by atoms with Crippen LogP contribution in [0.25, 0.3) is 0 Å². The third-order valence-electron chi connectivity index (χ3n) is 4.57. The van der Waals surface area contributed by atoms with E-state index in [9.17, 15) is 4.79 Å². The van der Waals surface area contributed by atoms with Gasteiger partial charge in [0.05, 0.1) is 0 Å². The molecule has 0 aromatic rings. The molecule has 2 saturated heterocycles. The lowest BCUT2D eigenvalue weighted by Gasteiger charge is -2.47. The van der Waals surface area contributed by atoms with E-state index in [2.05, 4.69) is 22.6 Å². The maximum atomic E-state index is 11.5. The molecule has 2 aliphatic rings. The lowest BCUT2D eigenvalue weighted by molar-refractivity contribution is 0.0470. The van der Waals surface area contributed by atoms with Gasteiger partial charge in [0.15, 0.2) is 0 Å². The van der Waals surface area contributed by atoms with Gasteiger partial charge >= 0.3 is 6.09 Å². The summed E-state index contributed by atoms with van der Waals surface area (Å²) in [5.41, 5.74) is -0.428. The Morgan fingerprint density at radius 1 is 1.19 bits per heavy atom. The molecular weight excluding hydrogens is 266 g/mol. The standard InChI is InChI=1S/C16H31N3O2/c1-16(2,3)21-15(20)18-9-8-17-12-10-13-6-5-7-14(11-12)19(13)4/h12-14,17H,5-11H2,1-4H3,(H,18,20). The summed E-state index contributed by atoms with van der Waals surface area (Å²) < 4.78 is 5.22. The van der Waals surface area contributed by atoms with Gasteiger partial charge < -0.3 is 20.3 Å². The number of piperidine rings is 2. The fourth-order valence-electron chi connectivity index (χ4n) is 3.54. The first-order valence-electron chi connectivity index (χ1n) is 8.27. The summed E-state index contributed by atoms with van der Waals surface area (Å²) in [4.78, 5) is 14.1. The Balaban J connectivity index is 1.62. The average molecular weight is 297 g/mol. The minimum Gasteiger partial charge on any atom is -0.444 e. The van der Waals surface area contributed by atoms with Crippen LogP contribution < -0.4 is 10.6 Å². The number of alkyl carbamates (subject to hydrolysis) is 1. The zero-order valence-corrected chi connectivity index (χ0v) is 13.9. The molecule has 2 N–H and O–H groups in total. The van der Waals surface area contributed by atoms with Gasteiger partial charge in [-0.2, -0.15) is 0 Å². The molecule has 0 saturated carbocycles. The summed E-state index contributed by atoms with van der Waals surface area (Å²) >= 11 is 0. The van der Waals surface area contributed by atoms with E-state index in [0.717, 1.165) is 18.6 Å². The quantitative estimate of drug-likeness (QED) is 0.781. The van der Waals surface area contributed by atoms with Crippen molar-refractivity contribution in [1.82, 2.24) is 15.5 Å². The Morgan fingerprint density at radius 3 is 2.38 bits per heavy atom. The van der Waals surface area contributed by atoms with Crippen LogP contribution in [0.3, 0.4) is 0 Å². The van der Waals surface area contributed by atoms with Crippen molar-refractivity contribution in [3.05, 3.63) is 0 Å². The lowest BCUT2D eigenvalue weighted by atomic mass is 9.82. The average Bonchev–Trinajstić information content (AvgIpc) is 2.33. The molecule has 2 rings (SSSR count). The predicted molar refractivity (Wildman–Crippen MR) is 84.5 cm³/mol. The topological polar surface area (TPSA) is 53.6 Å². The summed E-state index contributed by atoms with van der Waals surface area (Å²) in [5, 5.41) is 6.40. The Bertz CT molecular complexity index is 340. The van der Waals surface area contributed by atoms with Crippen LogP contribution in [0.2, 0.25) is 0 Å². The molecule has 0 aromatic heterocycles. The summed E-state index contributed by atoms with van der Waals surface area (Å²) in [6.07, 6.45) is 6.19. The summed E-state index contributed by atoms with van der Waals surface area (Å²) in [5.74, 6) is 0. The number of amides is 1. The first-order valence-corrected chi connectivity index (χ1v) is 8.27. The van der Waals surface area contributed by atoms with Crippen LogP contribution in [-0.4, -0.2) is 54.9 Å². The maximum absolute atomic E-state index is 11.5. The van der Waals surface area contributed by atoms with Crippen molar-refractivity contribution in [2.75, 3.05) is 20.1 Å². The third-order valence-corrected chi connectivity index (χ3v) is 4.57. The second-order valence-electron chi connectivity index (χ2n) is 7.46. The molecule has 21 heavy (non-hydrogen) atoms. The van der Waals surface area contributed by atoms with E-state index in [4.69, 9.17) is 4.74 Å². The van der Waals surface area contributed by atoms with E-state index < -0.39 is 5.60 Å². The molecule has 5 nitrogen and oxygen atoms in total. The van der Waals surface area contributed by atoms with Crippen molar-refractivity contribution in [2.45, 2.75) is 76.6 Å². The molecule has 0 aliphatic carbocycles. The second kappa shape index (κ2) is 6.97. The molecule has 1 amide bonds. The molecule has 2 aliphatic heterocycles. The van der Waals surface area contributed by atoms with Crippen molar-refractivity contribution in [1.29, 1.82) is 0 Å². The monoisotopic (exact) mass is 297 g/mol. The first kappa shape index (κ1) is 16.6. The Kier molecular flexibility index (Phi) is 5.49. The van der Waals surface area contributed by atoms with E-state index in [-0.39, 0.29) is 6.09 Å². The van der Waals surface area contributed by atoms with Crippen molar-refractivity contribution in [3.63, 3.8) is 0 Å². The van der Waals surface area contributed by atoms with E-state index >= 15 is 0 Å². The van der Waals surface area contributed by atoms with Crippen LogP contribution in [0.4, 0.5) is 4.79 Å². The van der Waals surface area contributed by atoms with Crippen LogP contribution in [-0.2, 0) is 4.74 Å². The highest BCUT2D eigenvalue weighted by Gasteiger charge is 2.35. The van der Waals surface area contributed by atoms with Crippen LogP contribution in [0, 0.1) is 0 Å². The van der Waals surface area contributed by atoms with Gasteiger partial charge in [-0.1, -0.05) is 6.42 Å². The van der Waals surface area contributed by atoms with Gasteiger partial charge in [0, 0.05) is 31.2 Å². The van der Waals surface area contributed by atoms with Gasteiger partial charge in [0.2, 0.25) is 0 Å². The summed E-state index contributed by atoms with van der Waals surface area (Å²) in [6, 6.07) is 2.08. The number of rotatable bonds is 4. The number of nitrogens with one attached hydrogen (secondary N) is 2. The van der Waals surface area contributed by atoms with Gasteiger partial charge in [-0.25, -0.2) is 4.79 Å². The Hall–Kier alpha value is -0.810. The number of nitrogens with zero attached hydrogens (tertiary/aromatic N) is 1. The van der Waals surface area contributed by atoms with Crippen LogP contribution in [0.15, 0.2) is 0 Å². The number of carbonyl (C=O) groups is 1. The zero-order chi connectivity index (χ0) is 15.5. The van der Waals surface area contributed by atoms with Gasteiger partial charge in [0.25, 0.3) is 0 Å². The van der Waals surface area contributed by atoms with Crippen LogP contribution in [0.1, 0.15) is 52.9 Å². The van der Waals surface area contributed by atoms with Gasteiger partial charge in [0.1, 0.15) is 5.60 Å². The molecule has 2 fully saturated rings. The van der Waals surface area contributed by atoms with Crippen molar-refractivity contribution < 1.29 is 9.53 Å². The molecule has 2 heterocycles. The molecular formula is C16H31N3O2. The molecule has 2 unspecified atom stereocenters. The van der Waals surface area contributed by atoms with Crippen molar-refractivity contribution in [3.8, 4) is 0 Å². The smallest absolute Gasteiger partial charge is 0.407 e. The van der Waals surface area contributed by atoms with Crippen LogP contribution >= 0.6 is 0 Å². The number of carbonyl (C=O) groups excluding carboxylic acids is 1. The number of hydrogen-bond donors (Lipinski definition) is 2. The van der Waals surface area contributed by atoms with E-state index in [0.29, 0.717) is 12.6 Å². The fraction of sp³-hybridized carbons (Fsp3) is 0.938. The molecule has 5 heteroatoms. The van der Waals surface area contributed by atoms with Gasteiger partial charge in [-0.15, -0.1) is 0 Å². The summed E-state index contributed by atoms with van der Waals surface area (Å²) in [7, 11) is 2.27. The van der Waals surface area contributed by atoms with Gasteiger partial charge in [-0.05, 0) is 53.5 Å². The van der Waals surface area contributed by atoms with Crippen LogP contribution in [0.5, 0.6) is 0 Å². The molecule has 2 bridgehead atoms. The fourth-order valence-corrected chi connectivity index (χ4v) is 3.54. The number of ether oxygens (including phenoxy) is 1. The second-order valence-corrected chi connectivity index (χ2v) is 7.46. The highest BCUT2D eigenvalue weighted by Crippen LogP contribution is 2.32. The highest BCUT2D eigenvalue weighted by molar-refractivity contribution is 5.67. The predicted octanol–water partition coefficient (Wildman–Crippen LogP) is 2.12. The molecule has 2 atom stereocenters. The Labute approximate surface area is 128 Å². The van der Waals surface area contributed by atoms with Crippen molar-refractivity contribution in [2.24, 2.45) is 0 Å². The highest BCUT2D eigenvalue weighted by atomic mass is 16.6. The number of hydrogen-bond acceptors (Lipinski definition) is 4. The molecule has 0 radical (unpaired) electrons. The third kappa shape index (κ3) is 5.15. The lowest BCUT2D eigenvalue weighted by Crippen LogP contribution is -2.55.